The summed E-state index contributed by atoms with van der Waals surface area (Å²) in [5.41, 5.74) is 2.69. The number of rotatable bonds is 7. The van der Waals surface area contributed by atoms with E-state index in [9.17, 15) is 8.78 Å². The zero-order valence-corrected chi connectivity index (χ0v) is 16.1. The van der Waals surface area contributed by atoms with Crippen molar-refractivity contribution < 1.29 is 8.78 Å². The first-order valence-corrected chi connectivity index (χ1v) is 10.0. The Labute approximate surface area is 161 Å². The molecule has 0 heterocycles. The summed E-state index contributed by atoms with van der Waals surface area (Å²) in [6, 6.07) is 11.3. The summed E-state index contributed by atoms with van der Waals surface area (Å²) < 4.78 is 28.9. The molecule has 2 heteroatoms. The molecule has 0 radical (unpaired) electrons. The van der Waals surface area contributed by atoms with Crippen LogP contribution in [0.5, 0.6) is 0 Å². The molecule has 2 unspecified atom stereocenters. The Morgan fingerprint density at radius 2 is 1.78 bits per heavy atom. The van der Waals surface area contributed by atoms with Crippen molar-refractivity contribution in [2.75, 3.05) is 0 Å². The highest BCUT2D eigenvalue weighted by atomic mass is 19.2. The highest BCUT2D eigenvalue weighted by Gasteiger charge is 2.18. The van der Waals surface area contributed by atoms with Crippen LogP contribution in [-0.4, -0.2) is 0 Å². The van der Waals surface area contributed by atoms with E-state index in [0.717, 1.165) is 6.42 Å². The number of benzene rings is 2. The lowest BCUT2D eigenvalue weighted by Gasteiger charge is -2.23. The molecule has 0 fully saturated rings. The molecule has 0 amide bonds. The molecule has 1 aliphatic rings. The molecule has 27 heavy (non-hydrogen) atoms. The maximum absolute atomic E-state index is 14.5. The first-order chi connectivity index (χ1) is 13.1. The molecule has 0 bridgehead atoms. The summed E-state index contributed by atoms with van der Waals surface area (Å²) in [7, 11) is 0. The number of aryl methyl sites for hydroxylation is 1. The summed E-state index contributed by atoms with van der Waals surface area (Å²) in [4.78, 5) is 0. The Balaban J connectivity index is 1.77. The van der Waals surface area contributed by atoms with Crippen molar-refractivity contribution >= 4 is 0 Å². The van der Waals surface area contributed by atoms with Crippen LogP contribution >= 0.6 is 0 Å². The van der Waals surface area contributed by atoms with Crippen molar-refractivity contribution in [2.45, 2.75) is 51.4 Å². The molecule has 0 nitrogen and oxygen atoms in total. The third kappa shape index (κ3) is 4.55. The normalized spacial score (nSPS) is 19.2. The number of allylic oxidation sites excluding steroid dienone is 3. The third-order valence-corrected chi connectivity index (χ3v) is 5.55. The van der Waals surface area contributed by atoms with Crippen molar-refractivity contribution in [1.82, 2.24) is 0 Å². The van der Waals surface area contributed by atoms with Crippen molar-refractivity contribution in [3.05, 3.63) is 84.0 Å². The second kappa shape index (κ2) is 9.12. The Morgan fingerprint density at radius 1 is 1.00 bits per heavy atom. The molecule has 2 aromatic carbocycles. The summed E-state index contributed by atoms with van der Waals surface area (Å²) in [5, 5.41) is 0. The van der Waals surface area contributed by atoms with Gasteiger partial charge in [0.1, 0.15) is 0 Å². The van der Waals surface area contributed by atoms with E-state index >= 15 is 0 Å². The van der Waals surface area contributed by atoms with E-state index in [-0.39, 0.29) is 0 Å². The SMILES string of the molecule is C=CCCc1ccc(-c2ccc(C3C=CC(CCC)CC3)cc2)c(F)c1F. The molecule has 1 aliphatic carbocycles. The minimum Gasteiger partial charge on any atom is -0.203 e. The summed E-state index contributed by atoms with van der Waals surface area (Å²) in [5.74, 6) is -0.364. The summed E-state index contributed by atoms with van der Waals surface area (Å²) >= 11 is 0. The highest BCUT2D eigenvalue weighted by Crippen LogP contribution is 2.34. The lowest BCUT2D eigenvalue weighted by atomic mass is 9.82. The standard InChI is InChI=1S/C25H28F2/c1-3-5-7-22-16-17-23(25(27)24(22)26)21-14-12-20(13-15-21)19-10-8-18(6-4-2)9-11-19/h3,8,10,12-19H,1,4-7,9,11H2,2H3. The van der Waals surface area contributed by atoms with Gasteiger partial charge in [-0.05, 0) is 54.7 Å². The fourth-order valence-electron chi connectivity index (χ4n) is 3.94. The second-order valence-corrected chi connectivity index (χ2v) is 7.47. The second-order valence-electron chi connectivity index (χ2n) is 7.47. The lowest BCUT2D eigenvalue weighted by molar-refractivity contribution is 0.477. The van der Waals surface area contributed by atoms with Crippen molar-refractivity contribution in [3.8, 4) is 11.1 Å². The topological polar surface area (TPSA) is 0 Å². The van der Waals surface area contributed by atoms with Crippen molar-refractivity contribution in [1.29, 1.82) is 0 Å². The fourth-order valence-corrected chi connectivity index (χ4v) is 3.94. The molecule has 0 saturated carbocycles. The van der Waals surface area contributed by atoms with E-state index in [0.29, 0.717) is 41.4 Å². The molecule has 3 rings (SSSR count). The van der Waals surface area contributed by atoms with Gasteiger partial charge in [0.15, 0.2) is 11.6 Å². The van der Waals surface area contributed by atoms with Crippen molar-refractivity contribution in [2.24, 2.45) is 5.92 Å². The maximum atomic E-state index is 14.5. The van der Waals surface area contributed by atoms with E-state index in [4.69, 9.17) is 0 Å². The summed E-state index contributed by atoms with van der Waals surface area (Å²) in [6.45, 7) is 5.86. The van der Waals surface area contributed by atoms with E-state index in [2.05, 4.69) is 25.7 Å². The number of halogens is 2. The predicted molar refractivity (Wildman–Crippen MR) is 110 cm³/mol. The zero-order valence-electron chi connectivity index (χ0n) is 16.1. The Bertz CT molecular complexity index is 802. The molecular weight excluding hydrogens is 338 g/mol. The molecule has 2 atom stereocenters. The van der Waals surface area contributed by atoms with Gasteiger partial charge in [-0.3, -0.25) is 0 Å². The van der Waals surface area contributed by atoms with Crippen molar-refractivity contribution in [3.63, 3.8) is 0 Å². The van der Waals surface area contributed by atoms with Crippen LogP contribution in [0.25, 0.3) is 11.1 Å². The van der Waals surface area contributed by atoms with Crippen LogP contribution in [0.2, 0.25) is 0 Å². The van der Waals surface area contributed by atoms with Gasteiger partial charge in [0.2, 0.25) is 0 Å². The van der Waals surface area contributed by atoms with Gasteiger partial charge in [-0.1, -0.05) is 68.0 Å². The van der Waals surface area contributed by atoms with Gasteiger partial charge in [0.25, 0.3) is 0 Å². The average Bonchev–Trinajstić information content (AvgIpc) is 2.70. The predicted octanol–water partition coefficient (Wildman–Crippen LogP) is 7.60. The zero-order chi connectivity index (χ0) is 19.2. The molecule has 0 aliphatic heterocycles. The highest BCUT2D eigenvalue weighted by molar-refractivity contribution is 5.65. The first kappa shape index (κ1) is 19.5. The molecule has 0 spiro atoms. The number of hydrogen-bond acceptors (Lipinski definition) is 0. The minimum atomic E-state index is -0.760. The van der Waals surface area contributed by atoms with Crippen LogP contribution in [0.15, 0.2) is 61.2 Å². The van der Waals surface area contributed by atoms with Gasteiger partial charge in [0.05, 0.1) is 0 Å². The summed E-state index contributed by atoms with van der Waals surface area (Å²) in [6.07, 6.45) is 12.4. The Hall–Kier alpha value is -2.22. The van der Waals surface area contributed by atoms with E-state index in [1.54, 1.807) is 18.2 Å². The molecule has 0 N–H and O–H groups in total. The lowest BCUT2D eigenvalue weighted by Crippen LogP contribution is -2.07. The Morgan fingerprint density at radius 3 is 2.41 bits per heavy atom. The Kier molecular flexibility index (Phi) is 6.60. The quantitative estimate of drug-likeness (QED) is 0.443. The largest absolute Gasteiger partial charge is 0.203 e. The van der Waals surface area contributed by atoms with Gasteiger partial charge in [-0.25, -0.2) is 8.78 Å². The van der Waals surface area contributed by atoms with Crippen LogP contribution in [0.4, 0.5) is 8.78 Å². The van der Waals surface area contributed by atoms with Crippen LogP contribution in [-0.2, 0) is 6.42 Å². The fraction of sp³-hybridized carbons (Fsp3) is 0.360. The minimum absolute atomic E-state index is 0.323. The van der Waals surface area contributed by atoms with Gasteiger partial charge in [0, 0.05) is 11.5 Å². The monoisotopic (exact) mass is 366 g/mol. The maximum Gasteiger partial charge on any atom is 0.166 e. The number of hydrogen-bond donors (Lipinski definition) is 0. The van der Waals surface area contributed by atoms with Gasteiger partial charge < -0.3 is 0 Å². The van der Waals surface area contributed by atoms with Gasteiger partial charge in [-0.2, -0.15) is 0 Å². The third-order valence-electron chi connectivity index (χ3n) is 5.55. The molecule has 2 aromatic rings. The molecular formula is C25H28F2. The van der Waals surface area contributed by atoms with Gasteiger partial charge in [-0.15, -0.1) is 6.58 Å². The smallest absolute Gasteiger partial charge is 0.166 e. The van der Waals surface area contributed by atoms with Gasteiger partial charge >= 0.3 is 0 Å². The van der Waals surface area contributed by atoms with Crippen LogP contribution in [0.1, 0.15) is 56.1 Å². The van der Waals surface area contributed by atoms with Crippen LogP contribution < -0.4 is 0 Å². The van der Waals surface area contributed by atoms with Crippen LogP contribution in [0, 0.1) is 17.6 Å². The van der Waals surface area contributed by atoms with E-state index < -0.39 is 11.6 Å². The van der Waals surface area contributed by atoms with Crippen LogP contribution in [0.3, 0.4) is 0 Å². The molecule has 142 valence electrons. The first-order valence-electron chi connectivity index (χ1n) is 10.0. The molecule has 0 aromatic heterocycles. The van der Waals surface area contributed by atoms with E-state index in [1.807, 2.05) is 24.3 Å². The molecule has 0 saturated heterocycles. The van der Waals surface area contributed by atoms with E-state index in [1.165, 1.54) is 24.8 Å². The average molecular weight is 366 g/mol.